The lowest BCUT2D eigenvalue weighted by molar-refractivity contribution is 0.0946. The third-order valence-corrected chi connectivity index (χ3v) is 5.59. The Balaban J connectivity index is 1.58. The molecule has 3 rings (SSSR count). The molecule has 0 atom stereocenters. The molecular formula is C19H21FN2O4S. The van der Waals surface area contributed by atoms with Crippen molar-refractivity contribution in [2.75, 3.05) is 13.2 Å². The van der Waals surface area contributed by atoms with Crippen LogP contribution in [0.5, 0.6) is 5.75 Å². The van der Waals surface area contributed by atoms with Gasteiger partial charge in [0.25, 0.3) is 5.91 Å². The molecule has 0 radical (unpaired) electrons. The number of hydrogen-bond donors (Lipinski definition) is 2. The van der Waals surface area contributed by atoms with Crippen molar-refractivity contribution in [1.29, 1.82) is 0 Å². The maximum Gasteiger partial charge on any atom is 0.251 e. The fourth-order valence-corrected chi connectivity index (χ4v) is 3.81. The van der Waals surface area contributed by atoms with Crippen LogP contribution in [-0.2, 0) is 10.0 Å². The average molecular weight is 392 g/mol. The van der Waals surface area contributed by atoms with E-state index >= 15 is 0 Å². The van der Waals surface area contributed by atoms with E-state index in [1.54, 1.807) is 0 Å². The first kappa shape index (κ1) is 19.3. The molecule has 1 saturated carbocycles. The molecule has 144 valence electrons. The third-order valence-electron chi connectivity index (χ3n) is 4.06. The Labute approximate surface area is 157 Å². The Morgan fingerprint density at radius 2 is 1.89 bits per heavy atom. The van der Waals surface area contributed by atoms with Gasteiger partial charge < -0.3 is 10.1 Å². The molecule has 1 fully saturated rings. The molecule has 1 amide bonds. The van der Waals surface area contributed by atoms with Crippen LogP contribution in [0.25, 0.3) is 0 Å². The van der Waals surface area contributed by atoms with Crippen molar-refractivity contribution in [2.24, 2.45) is 0 Å². The summed E-state index contributed by atoms with van der Waals surface area (Å²) >= 11 is 0. The van der Waals surface area contributed by atoms with Gasteiger partial charge in [-0.1, -0.05) is 17.7 Å². The van der Waals surface area contributed by atoms with Crippen molar-refractivity contribution in [3.8, 4) is 5.75 Å². The first-order chi connectivity index (χ1) is 12.8. The Bertz CT molecular complexity index is 925. The molecule has 0 bridgehead atoms. The molecule has 0 aliphatic heterocycles. The molecule has 27 heavy (non-hydrogen) atoms. The SMILES string of the molecule is Cc1ccc(OCCNC(=O)c2ccc(F)c(S(=O)(=O)NC3CC3)c2)cc1. The van der Waals surface area contributed by atoms with Crippen LogP contribution in [0.2, 0.25) is 0 Å². The summed E-state index contributed by atoms with van der Waals surface area (Å²) in [4.78, 5) is 11.7. The lowest BCUT2D eigenvalue weighted by Crippen LogP contribution is -2.29. The van der Waals surface area contributed by atoms with E-state index in [1.807, 2.05) is 31.2 Å². The van der Waals surface area contributed by atoms with Gasteiger partial charge in [0.15, 0.2) is 0 Å². The Morgan fingerprint density at radius 1 is 1.19 bits per heavy atom. The van der Waals surface area contributed by atoms with E-state index in [0.717, 1.165) is 30.5 Å². The molecule has 0 spiro atoms. The second kappa shape index (κ2) is 8.06. The van der Waals surface area contributed by atoms with E-state index < -0.39 is 26.6 Å². The van der Waals surface area contributed by atoms with Crippen LogP contribution in [-0.4, -0.2) is 33.5 Å². The minimum atomic E-state index is -3.98. The van der Waals surface area contributed by atoms with Crippen molar-refractivity contribution in [3.05, 3.63) is 59.4 Å². The van der Waals surface area contributed by atoms with Crippen molar-refractivity contribution in [2.45, 2.75) is 30.7 Å². The molecule has 2 aromatic rings. The van der Waals surface area contributed by atoms with E-state index in [2.05, 4.69) is 10.0 Å². The number of benzene rings is 2. The third kappa shape index (κ3) is 5.27. The fourth-order valence-electron chi connectivity index (χ4n) is 2.40. The highest BCUT2D eigenvalue weighted by Gasteiger charge is 2.30. The minimum Gasteiger partial charge on any atom is -0.492 e. The molecule has 2 aromatic carbocycles. The number of aryl methyl sites for hydroxylation is 1. The van der Waals surface area contributed by atoms with Gasteiger partial charge in [-0.25, -0.2) is 17.5 Å². The van der Waals surface area contributed by atoms with Gasteiger partial charge in [-0.05, 0) is 50.1 Å². The Morgan fingerprint density at radius 3 is 2.56 bits per heavy atom. The number of halogens is 1. The monoisotopic (exact) mass is 392 g/mol. The number of carbonyl (C=O) groups is 1. The average Bonchev–Trinajstić information content (AvgIpc) is 3.43. The van der Waals surface area contributed by atoms with Crippen LogP contribution in [0.15, 0.2) is 47.4 Å². The zero-order chi connectivity index (χ0) is 19.4. The quantitative estimate of drug-likeness (QED) is 0.676. The topological polar surface area (TPSA) is 84.5 Å². The summed E-state index contributed by atoms with van der Waals surface area (Å²) < 4.78 is 46.3. The van der Waals surface area contributed by atoms with E-state index in [1.165, 1.54) is 6.07 Å². The predicted molar refractivity (Wildman–Crippen MR) is 98.8 cm³/mol. The number of ether oxygens (including phenoxy) is 1. The van der Waals surface area contributed by atoms with Crippen molar-refractivity contribution >= 4 is 15.9 Å². The van der Waals surface area contributed by atoms with Gasteiger partial charge in [-0.15, -0.1) is 0 Å². The number of sulfonamides is 1. The first-order valence-electron chi connectivity index (χ1n) is 8.65. The van der Waals surface area contributed by atoms with Gasteiger partial charge in [-0.2, -0.15) is 0 Å². The van der Waals surface area contributed by atoms with E-state index in [4.69, 9.17) is 4.74 Å². The van der Waals surface area contributed by atoms with Crippen LogP contribution >= 0.6 is 0 Å². The highest BCUT2D eigenvalue weighted by molar-refractivity contribution is 7.89. The number of hydrogen-bond acceptors (Lipinski definition) is 4. The fraction of sp³-hybridized carbons (Fsp3) is 0.316. The molecule has 0 aromatic heterocycles. The molecule has 0 unspecified atom stereocenters. The second-order valence-electron chi connectivity index (χ2n) is 6.46. The summed E-state index contributed by atoms with van der Waals surface area (Å²) in [5.74, 6) is -0.691. The van der Waals surface area contributed by atoms with Crippen LogP contribution in [0.4, 0.5) is 4.39 Å². The number of nitrogens with one attached hydrogen (secondary N) is 2. The molecule has 8 heteroatoms. The molecule has 0 saturated heterocycles. The summed E-state index contributed by atoms with van der Waals surface area (Å²) in [5, 5.41) is 2.63. The van der Waals surface area contributed by atoms with Crippen molar-refractivity contribution < 1.29 is 22.3 Å². The van der Waals surface area contributed by atoms with Gasteiger partial charge in [0.1, 0.15) is 23.1 Å². The van der Waals surface area contributed by atoms with Gasteiger partial charge >= 0.3 is 0 Å². The molecule has 0 heterocycles. The second-order valence-corrected chi connectivity index (χ2v) is 8.14. The highest BCUT2D eigenvalue weighted by Crippen LogP contribution is 2.24. The largest absolute Gasteiger partial charge is 0.492 e. The zero-order valence-electron chi connectivity index (χ0n) is 14.9. The Hall–Kier alpha value is -2.45. The first-order valence-corrected chi connectivity index (χ1v) is 10.1. The Kier molecular flexibility index (Phi) is 5.76. The standard InChI is InChI=1S/C19H21FN2O4S/c1-13-2-7-16(8-3-13)26-11-10-21-19(23)14-4-9-17(20)18(12-14)27(24,25)22-15-5-6-15/h2-4,7-9,12,15,22H,5-6,10-11H2,1H3,(H,21,23). The van der Waals surface area contributed by atoms with E-state index in [0.29, 0.717) is 5.75 Å². The van der Waals surface area contributed by atoms with Crippen molar-refractivity contribution in [1.82, 2.24) is 10.0 Å². The van der Waals surface area contributed by atoms with Gasteiger partial charge in [-0.3, -0.25) is 4.79 Å². The van der Waals surface area contributed by atoms with Crippen LogP contribution in [0.3, 0.4) is 0 Å². The smallest absolute Gasteiger partial charge is 0.251 e. The maximum absolute atomic E-state index is 14.0. The number of amides is 1. The normalized spacial score (nSPS) is 14.0. The molecular weight excluding hydrogens is 371 g/mol. The summed E-state index contributed by atoms with van der Waals surface area (Å²) in [6, 6.07) is 10.7. The molecule has 6 nitrogen and oxygen atoms in total. The number of rotatable bonds is 8. The maximum atomic E-state index is 14.0. The van der Waals surface area contributed by atoms with Crippen molar-refractivity contribution in [3.63, 3.8) is 0 Å². The highest BCUT2D eigenvalue weighted by atomic mass is 32.2. The lowest BCUT2D eigenvalue weighted by atomic mass is 10.2. The van der Waals surface area contributed by atoms with Crippen LogP contribution < -0.4 is 14.8 Å². The van der Waals surface area contributed by atoms with Crippen LogP contribution in [0, 0.1) is 12.7 Å². The predicted octanol–water partition coefficient (Wildman–Crippen LogP) is 2.38. The number of carbonyl (C=O) groups excluding carboxylic acids is 1. The lowest BCUT2D eigenvalue weighted by Gasteiger charge is -2.10. The summed E-state index contributed by atoms with van der Waals surface area (Å²) in [6.07, 6.45) is 1.48. The summed E-state index contributed by atoms with van der Waals surface area (Å²) in [7, 11) is -3.98. The summed E-state index contributed by atoms with van der Waals surface area (Å²) in [6.45, 7) is 2.46. The van der Waals surface area contributed by atoms with E-state index in [-0.39, 0.29) is 24.8 Å². The molecule has 1 aliphatic carbocycles. The molecule has 2 N–H and O–H groups in total. The zero-order valence-corrected chi connectivity index (χ0v) is 15.7. The van der Waals surface area contributed by atoms with Gasteiger partial charge in [0, 0.05) is 11.6 Å². The van der Waals surface area contributed by atoms with Crippen LogP contribution in [0.1, 0.15) is 28.8 Å². The molecule has 1 aliphatic rings. The van der Waals surface area contributed by atoms with Gasteiger partial charge in [0.05, 0.1) is 6.54 Å². The van der Waals surface area contributed by atoms with E-state index in [9.17, 15) is 17.6 Å². The minimum absolute atomic E-state index is 0.0721. The summed E-state index contributed by atoms with van der Waals surface area (Å²) in [5.41, 5.74) is 1.19. The van der Waals surface area contributed by atoms with Gasteiger partial charge in [0.2, 0.25) is 10.0 Å².